The van der Waals surface area contributed by atoms with E-state index in [-0.39, 0.29) is 11.6 Å². The molecule has 0 radical (unpaired) electrons. The zero-order valence-electron chi connectivity index (χ0n) is 11.4. The Morgan fingerprint density at radius 2 is 1.75 bits per heavy atom. The summed E-state index contributed by atoms with van der Waals surface area (Å²) >= 11 is 0. The maximum Gasteiger partial charge on any atom is 0.0414 e. The maximum atomic E-state index is 6.45. The van der Waals surface area contributed by atoms with Gasteiger partial charge in [-0.15, -0.1) is 0 Å². The minimum atomic E-state index is 0.194. The van der Waals surface area contributed by atoms with E-state index >= 15 is 0 Å². The Kier molecular flexibility index (Phi) is 5.00. The summed E-state index contributed by atoms with van der Waals surface area (Å²) < 4.78 is 0. The third kappa shape index (κ3) is 2.67. The number of nitrogens with two attached hydrogens (primary N) is 1. The molecule has 0 aromatic rings. The molecule has 1 fully saturated rings. The first kappa shape index (κ1) is 13.7. The quantitative estimate of drug-likeness (QED) is 0.728. The van der Waals surface area contributed by atoms with Crippen molar-refractivity contribution in [3.8, 4) is 0 Å². The highest BCUT2D eigenvalue weighted by atomic mass is 15.2. The number of nitrogens with zero attached hydrogens (tertiary/aromatic N) is 1. The molecule has 0 aliphatic heterocycles. The third-order valence-corrected chi connectivity index (χ3v) is 4.00. The van der Waals surface area contributed by atoms with Crippen LogP contribution in [-0.2, 0) is 0 Å². The summed E-state index contributed by atoms with van der Waals surface area (Å²) in [5.41, 5.74) is 8.02. The zero-order valence-corrected chi connectivity index (χ0v) is 11.4. The normalized spacial score (nSPS) is 21.1. The second-order valence-electron chi connectivity index (χ2n) is 5.25. The molecule has 1 aliphatic carbocycles. The number of likely N-dealkylation sites (N-methyl/N-ethyl adjacent to an activating group) is 1. The van der Waals surface area contributed by atoms with Crippen LogP contribution in [-0.4, -0.2) is 29.6 Å². The van der Waals surface area contributed by atoms with Crippen molar-refractivity contribution in [2.45, 2.75) is 65.0 Å². The van der Waals surface area contributed by atoms with Gasteiger partial charge in [0, 0.05) is 11.6 Å². The monoisotopic (exact) mass is 224 g/mol. The summed E-state index contributed by atoms with van der Waals surface area (Å²) in [4.78, 5) is 2.57. The van der Waals surface area contributed by atoms with Gasteiger partial charge < -0.3 is 5.73 Å². The molecule has 1 saturated carbocycles. The lowest BCUT2D eigenvalue weighted by Gasteiger charge is -2.44. The molecule has 0 bridgehead atoms. The molecule has 0 spiro atoms. The molecule has 16 heavy (non-hydrogen) atoms. The van der Waals surface area contributed by atoms with Crippen molar-refractivity contribution in [2.75, 3.05) is 13.1 Å². The van der Waals surface area contributed by atoms with E-state index in [2.05, 4.69) is 38.7 Å². The van der Waals surface area contributed by atoms with Gasteiger partial charge in [-0.05, 0) is 39.8 Å². The molecular weight excluding hydrogens is 196 g/mol. The maximum absolute atomic E-state index is 6.45. The Balaban J connectivity index is 2.91. The molecule has 2 N–H and O–H groups in total. The summed E-state index contributed by atoms with van der Waals surface area (Å²) in [6.45, 7) is 11.0. The molecular formula is C14H28N2. The fourth-order valence-electron chi connectivity index (χ4n) is 3.22. The predicted octanol–water partition coefficient (Wildman–Crippen LogP) is 2.93. The van der Waals surface area contributed by atoms with Gasteiger partial charge in [-0.3, -0.25) is 4.90 Å². The van der Waals surface area contributed by atoms with Crippen LogP contribution in [0.25, 0.3) is 0 Å². The first-order chi connectivity index (χ1) is 7.56. The standard InChI is InChI=1S/C14H28N2/c1-5-16(6-2)14(9-7-8-10-14)13(15)11-12(3)4/h11,13H,5-10,15H2,1-4H3. The van der Waals surface area contributed by atoms with Crippen molar-refractivity contribution in [1.82, 2.24) is 4.90 Å². The lowest BCUT2D eigenvalue weighted by Crippen LogP contribution is -2.57. The molecule has 0 heterocycles. The van der Waals surface area contributed by atoms with Crippen LogP contribution in [0.4, 0.5) is 0 Å². The van der Waals surface area contributed by atoms with Gasteiger partial charge in [-0.2, -0.15) is 0 Å². The lowest BCUT2D eigenvalue weighted by molar-refractivity contribution is 0.0913. The molecule has 1 rings (SSSR count). The highest BCUT2D eigenvalue weighted by Crippen LogP contribution is 2.38. The molecule has 1 unspecified atom stereocenters. The third-order valence-electron chi connectivity index (χ3n) is 4.00. The fourth-order valence-corrected chi connectivity index (χ4v) is 3.22. The molecule has 0 amide bonds. The summed E-state index contributed by atoms with van der Waals surface area (Å²) in [7, 11) is 0. The predicted molar refractivity (Wildman–Crippen MR) is 71.5 cm³/mol. The Hall–Kier alpha value is -0.340. The summed E-state index contributed by atoms with van der Waals surface area (Å²) in [5.74, 6) is 0. The number of hydrogen-bond donors (Lipinski definition) is 1. The van der Waals surface area contributed by atoms with Gasteiger partial charge in [0.15, 0.2) is 0 Å². The van der Waals surface area contributed by atoms with Gasteiger partial charge in [-0.1, -0.05) is 38.3 Å². The van der Waals surface area contributed by atoms with Gasteiger partial charge in [-0.25, -0.2) is 0 Å². The second-order valence-corrected chi connectivity index (χ2v) is 5.25. The molecule has 1 aliphatic rings. The van der Waals surface area contributed by atoms with E-state index in [1.165, 1.54) is 31.3 Å². The van der Waals surface area contributed by atoms with Crippen LogP contribution in [0.3, 0.4) is 0 Å². The Morgan fingerprint density at radius 1 is 1.25 bits per heavy atom. The van der Waals surface area contributed by atoms with Crippen LogP contribution in [0.5, 0.6) is 0 Å². The van der Waals surface area contributed by atoms with Crippen molar-refractivity contribution in [3.63, 3.8) is 0 Å². The highest BCUT2D eigenvalue weighted by Gasteiger charge is 2.42. The zero-order chi connectivity index (χ0) is 12.2. The van der Waals surface area contributed by atoms with Crippen molar-refractivity contribution in [1.29, 1.82) is 0 Å². The molecule has 0 saturated heterocycles. The molecule has 0 aromatic heterocycles. The fraction of sp³-hybridized carbons (Fsp3) is 0.857. The number of rotatable bonds is 5. The largest absolute Gasteiger partial charge is 0.323 e. The van der Waals surface area contributed by atoms with Crippen LogP contribution < -0.4 is 5.73 Å². The van der Waals surface area contributed by atoms with Gasteiger partial charge in [0.1, 0.15) is 0 Å². The van der Waals surface area contributed by atoms with Gasteiger partial charge in [0.25, 0.3) is 0 Å². The number of allylic oxidation sites excluding steroid dienone is 1. The summed E-state index contributed by atoms with van der Waals surface area (Å²) in [6.07, 6.45) is 7.45. The van der Waals surface area contributed by atoms with Crippen LogP contribution in [0, 0.1) is 0 Å². The minimum Gasteiger partial charge on any atom is -0.323 e. The van der Waals surface area contributed by atoms with Crippen molar-refractivity contribution < 1.29 is 0 Å². The van der Waals surface area contributed by atoms with Gasteiger partial charge >= 0.3 is 0 Å². The van der Waals surface area contributed by atoms with E-state index in [1.54, 1.807) is 0 Å². The molecule has 2 heteroatoms. The van der Waals surface area contributed by atoms with Crippen LogP contribution in [0.1, 0.15) is 53.4 Å². The smallest absolute Gasteiger partial charge is 0.0414 e. The lowest BCUT2D eigenvalue weighted by atomic mass is 9.85. The van der Waals surface area contributed by atoms with E-state index in [0.29, 0.717) is 0 Å². The van der Waals surface area contributed by atoms with E-state index < -0.39 is 0 Å². The second kappa shape index (κ2) is 5.83. The van der Waals surface area contributed by atoms with E-state index in [9.17, 15) is 0 Å². The van der Waals surface area contributed by atoms with Crippen LogP contribution >= 0.6 is 0 Å². The molecule has 1 atom stereocenters. The molecule has 94 valence electrons. The summed E-state index contributed by atoms with van der Waals surface area (Å²) in [5, 5.41) is 0. The van der Waals surface area contributed by atoms with Crippen molar-refractivity contribution in [2.24, 2.45) is 5.73 Å². The average Bonchev–Trinajstić information content (AvgIpc) is 2.69. The van der Waals surface area contributed by atoms with Crippen molar-refractivity contribution in [3.05, 3.63) is 11.6 Å². The van der Waals surface area contributed by atoms with Gasteiger partial charge in [0.2, 0.25) is 0 Å². The van der Waals surface area contributed by atoms with Crippen LogP contribution in [0.15, 0.2) is 11.6 Å². The average molecular weight is 224 g/mol. The highest BCUT2D eigenvalue weighted by molar-refractivity contribution is 5.13. The summed E-state index contributed by atoms with van der Waals surface area (Å²) in [6, 6.07) is 0.194. The van der Waals surface area contributed by atoms with Gasteiger partial charge in [0.05, 0.1) is 0 Å². The van der Waals surface area contributed by atoms with E-state index in [4.69, 9.17) is 5.73 Å². The Labute approximate surface area is 101 Å². The van der Waals surface area contributed by atoms with Crippen LogP contribution in [0.2, 0.25) is 0 Å². The SMILES string of the molecule is CCN(CC)C1(C(N)C=C(C)C)CCCC1. The first-order valence-electron chi connectivity index (χ1n) is 6.72. The Morgan fingerprint density at radius 3 is 2.12 bits per heavy atom. The Bertz CT molecular complexity index is 231. The number of hydrogen-bond acceptors (Lipinski definition) is 2. The molecule has 2 nitrogen and oxygen atoms in total. The molecule has 0 aromatic carbocycles. The van der Waals surface area contributed by atoms with E-state index in [1.807, 2.05) is 0 Å². The first-order valence-corrected chi connectivity index (χ1v) is 6.72. The van der Waals surface area contributed by atoms with Crippen molar-refractivity contribution >= 4 is 0 Å². The topological polar surface area (TPSA) is 29.3 Å². The minimum absolute atomic E-state index is 0.194. The van der Waals surface area contributed by atoms with E-state index in [0.717, 1.165) is 13.1 Å².